The van der Waals surface area contributed by atoms with E-state index in [1.807, 2.05) is 30.3 Å². The molecule has 2 aromatic rings. The van der Waals surface area contributed by atoms with Gasteiger partial charge in [-0.15, -0.1) is 0 Å². The van der Waals surface area contributed by atoms with Crippen molar-refractivity contribution in [3.8, 4) is 0 Å². The van der Waals surface area contributed by atoms with Crippen molar-refractivity contribution in [3.05, 3.63) is 65.7 Å². The lowest BCUT2D eigenvalue weighted by Crippen LogP contribution is -2.27. The van der Waals surface area contributed by atoms with Crippen LogP contribution in [0.25, 0.3) is 0 Å². The number of carbonyl (C=O) groups is 1. The highest BCUT2D eigenvalue weighted by atomic mass is 32.2. The summed E-state index contributed by atoms with van der Waals surface area (Å²) < 4.78 is 26.9. The van der Waals surface area contributed by atoms with Gasteiger partial charge in [-0.2, -0.15) is 0 Å². The van der Waals surface area contributed by atoms with Crippen LogP contribution in [0.1, 0.15) is 28.8 Å². The van der Waals surface area contributed by atoms with Crippen molar-refractivity contribution in [2.45, 2.75) is 30.3 Å². The van der Waals surface area contributed by atoms with Crippen LogP contribution in [-0.2, 0) is 16.6 Å². The molecule has 6 heteroatoms. The second-order valence-corrected chi connectivity index (χ2v) is 7.78. The summed E-state index contributed by atoms with van der Waals surface area (Å²) in [4.78, 5) is 14.3. The van der Waals surface area contributed by atoms with Crippen LogP contribution in [0.15, 0.2) is 59.5 Å². The lowest BCUT2D eigenvalue weighted by atomic mass is 10.1. The number of amides is 1. The van der Waals surface area contributed by atoms with Gasteiger partial charge < -0.3 is 4.90 Å². The van der Waals surface area contributed by atoms with E-state index in [0.717, 1.165) is 18.4 Å². The summed E-state index contributed by atoms with van der Waals surface area (Å²) in [6.07, 6.45) is 1.78. The molecular weight excluding hydrogens is 324 g/mol. The zero-order chi connectivity index (χ0) is 17.2. The topological polar surface area (TPSA) is 66.5 Å². The maximum Gasteiger partial charge on any atom is 0.253 e. The Labute approximate surface area is 142 Å². The van der Waals surface area contributed by atoms with Gasteiger partial charge in [-0.05, 0) is 42.7 Å². The van der Waals surface area contributed by atoms with Crippen molar-refractivity contribution in [1.82, 2.24) is 9.62 Å². The molecule has 1 aliphatic rings. The van der Waals surface area contributed by atoms with Gasteiger partial charge in [-0.1, -0.05) is 30.3 Å². The third-order valence-electron chi connectivity index (χ3n) is 3.92. The number of benzene rings is 2. The van der Waals surface area contributed by atoms with E-state index >= 15 is 0 Å². The number of hydrogen-bond acceptors (Lipinski definition) is 3. The Hall–Kier alpha value is -2.18. The van der Waals surface area contributed by atoms with Crippen molar-refractivity contribution >= 4 is 15.9 Å². The number of hydrogen-bond donors (Lipinski definition) is 1. The fraction of sp³-hybridized carbons (Fsp3) is 0.278. The van der Waals surface area contributed by atoms with Crippen molar-refractivity contribution in [3.63, 3.8) is 0 Å². The Morgan fingerprint density at radius 2 is 1.71 bits per heavy atom. The van der Waals surface area contributed by atoms with Gasteiger partial charge in [0.25, 0.3) is 5.91 Å². The zero-order valence-corrected chi connectivity index (χ0v) is 14.3. The van der Waals surface area contributed by atoms with Gasteiger partial charge in [0.1, 0.15) is 0 Å². The number of sulfonamides is 1. The van der Waals surface area contributed by atoms with Gasteiger partial charge in [0.15, 0.2) is 0 Å². The highest BCUT2D eigenvalue weighted by Crippen LogP contribution is 2.22. The van der Waals surface area contributed by atoms with E-state index in [1.165, 1.54) is 12.1 Å². The summed E-state index contributed by atoms with van der Waals surface area (Å²) in [6, 6.07) is 15.9. The quantitative estimate of drug-likeness (QED) is 0.875. The second kappa shape index (κ2) is 6.75. The summed E-state index contributed by atoms with van der Waals surface area (Å²) in [5, 5.41) is 0. The Balaban J connectivity index is 1.69. The minimum Gasteiger partial charge on any atom is -0.337 e. The molecule has 1 N–H and O–H groups in total. The molecule has 0 unspecified atom stereocenters. The predicted molar refractivity (Wildman–Crippen MR) is 92.0 cm³/mol. The fourth-order valence-corrected chi connectivity index (χ4v) is 3.72. The minimum absolute atomic E-state index is 0.0633. The number of nitrogens with zero attached hydrogens (tertiary/aromatic N) is 1. The van der Waals surface area contributed by atoms with Crippen LogP contribution in [0.5, 0.6) is 0 Å². The molecule has 0 heterocycles. The average molecular weight is 344 g/mol. The van der Waals surface area contributed by atoms with Gasteiger partial charge >= 0.3 is 0 Å². The monoisotopic (exact) mass is 344 g/mol. The van der Waals surface area contributed by atoms with Gasteiger partial charge in [-0.3, -0.25) is 4.79 Å². The molecule has 0 aromatic heterocycles. The van der Waals surface area contributed by atoms with Crippen molar-refractivity contribution in [2.24, 2.45) is 0 Å². The first-order valence-electron chi connectivity index (χ1n) is 7.87. The van der Waals surface area contributed by atoms with Gasteiger partial charge in [0, 0.05) is 25.2 Å². The van der Waals surface area contributed by atoms with Gasteiger partial charge in [-0.25, -0.2) is 13.1 Å². The van der Waals surface area contributed by atoms with Crippen LogP contribution >= 0.6 is 0 Å². The van der Waals surface area contributed by atoms with E-state index in [9.17, 15) is 13.2 Å². The van der Waals surface area contributed by atoms with Crippen LogP contribution in [0, 0.1) is 0 Å². The summed E-state index contributed by atoms with van der Waals surface area (Å²) >= 11 is 0. The van der Waals surface area contributed by atoms with E-state index in [2.05, 4.69) is 4.72 Å². The molecule has 0 saturated heterocycles. The highest BCUT2D eigenvalue weighted by molar-refractivity contribution is 7.89. The van der Waals surface area contributed by atoms with Crippen molar-refractivity contribution < 1.29 is 13.2 Å². The standard InChI is InChI=1S/C18H20N2O3S/c1-20(13-14-5-3-2-4-6-14)18(21)15-7-11-17(12-8-15)24(22,23)19-16-9-10-16/h2-8,11-12,16,19H,9-10,13H2,1H3. The number of carbonyl (C=O) groups excluding carboxylic acids is 1. The number of nitrogens with one attached hydrogen (secondary N) is 1. The van der Waals surface area contributed by atoms with Crippen LogP contribution in [0.3, 0.4) is 0 Å². The average Bonchev–Trinajstić information content (AvgIpc) is 3.38. The zero-order valence-electron chi connectivity index (χ0n) is 13.5. The molecular formula is C18H20N2O3S. The molecule has 5 nitrogen and oxygen atoms in total. The van der Waals surface area contributed by atoms with E-state index in [-0.39, 0.29) is 16.8 Å². The Morgan fingerprint density at radius 1 is 1.08 bits per heavy atom. The van der Waals surface area contributed by atoms with Crippen LogP contribution in [0.2, 0.25) is 0 Å². The highest BCUT2D eigenvalue weighted by Gasteiger charge is 2.28. The molecule has 0 aliphatic heterocycles. The molecule has 3 rings (SSSR count). The lowest BCUT2D eigenvalue weighted by Gasteiger charge is -2.17. The lowest BCUT2D eigenvalue weighted by molar-refractivity contribution is 0.0785. The SMILES string of the molecule is CN(Cc1ccccc1)C(=O)c1ccc(S(=O)(=O)NC2CC2)cc1. The van der Waals surface area contributed by atoms with E-state index in [0.29, 0.717) is 12.1 Å². The first-order valence-corrected chi connectivity index (χ1v) is 9.36. The number of rotatable bonds is 6. The maximum atomic E-state index is 12.5. The first-order chi connectivity index (χ1) is 11.5. The normalized spacial score (nSPS) is 14.4. The van der Waals surface area contributed by atoms with Crippen LogP contribution in [-0.4, -0.2) is 32.3 Å². The third kappa shape index (κ3) is 4.01. The second-order valence-electron chi connectivity index (χ2n) is 6.07. The molecule has 0 radical (unpaired) electrons. The minimum atomic E-state index is -3.48. The molecule has 1 fully saturated rings. The molecule has 2 aromatic carbocycles. The fourth-order valence-electron chi connectivity index (χ4n) is 2.41. The Bertz CT molecular complexity index is 813. The Morgan fingerprint density at radius 3 is 2.29 bits per heavy atom. The summed E-state index contributed by atoms with van der Waals surface area (Å²) in [6.45, 7) is 0.503. The molecule has 0 spiro atoms. The smallest absolute Gasteiger partial charge is 0.253 e. The first kappa shape index (κ1) is 16.7. The summed E-state index contributed by atoms with van der Waals surface area (Å²) in [7, 11) is -1.75. The van der Waals surface area contributed by atoms with E-state index in [1.54, 1.807) is 24.1 Å². The molecule has 24 heavy (non-hydrogen) atoms. The molecule has 0 bridgehead atoms. The largest absolute Gasteiger partial charge is 0.337 e. The summed E-state index contributed by atoms with van der Waals surface area (Å²) in [5.41, 5.74) is 1.51. The summed E-state index contributed by atoms with van der Waals surface area (Å²) in [5.74, 6) is -0.141. The van der Waals surface area contributed by atoms with Crippen molar-refractivity contribution in [1.29, 1.82) is 0 Å². The molecule has 1 aliphatic carbocycles. The predicted octanol–water partition coefficient (Wildman–Crippen LogP) is 2.40. The molecule has 1 saturated carbocycles. The molecule has 126 valence electrons. The maximum absolute atomic E-state index is 12.5. The van der Waals surface area contributed by atoms with Crippen molar-refractivity contribution in [2.75, 3.05) is 7.05 Å². The third-order valence-corrected chi connectivity index (χ3v) is 5.46. The van der Waals surface area contributed by atoms with E-state index in [4.69, 9.17) is 0 Å². The van der Waals surface area contributed by atoms with Gasteiger partial charge in [0.2, 0.25) is 10.0 Å². The Kier molecular flexibility index (Phi) is 4.69. The van der Waals surface area contributed by atoms with Crippen LogP contribution < -0.4 is 4.72 Å². The van der Waals surface area contributed by atoms with Crippen LogP contribution in [0.4, 0.5) is 0 Å². The van der Waals surface area contributed by atoms with Gasteiger partial charge in [0.05, 0.1) is 4.90 Å². The molecule has 0 atom stereocenters. The van der Waals surface area contributed by atoms with E-state index < -0.39 is 10.0 Å². The molecule has 1 amide bonds.